The first-order valence-electron chi connectivity index (χ1n) is 8.98. The number of carbonyl (C=O) groups excluding carboxylic acids is 3. The van der Waals surface area contributed by atoms with Crippen LogP contribution in [-0.4, -0.2) is 29.3 Å². The molecule has 1 aliphatic heterocycles. The topological polar surface area (TPSA) is 91.7 Å². The molecule has 27 heavy (non-hydrogen) atoms. The summed E-state index contributed by atoms with van der Waals surface area (Å²) in [6, 6.07) is 12.1. The van der Waals surface area contributed by atoms with Crippen molar-refractivity contribution in [2.45, 2.75) is 38.3 Å². The van der Waals surface area contributed by atoms with E-state index in [1.807, 2.05) is 37.3 Å². The van der Waals surface area contributed by atoms with Crippen LogP contribution in [0.1, 0.15) is 44.1 Å². The minimum absolute atomic E-state index is 0.166. The van der Waals surface area contributed by atoms with E-state index in [1.54, 1.807) is 19.1 Å². The monoisotopic (exact) mass is 369 g/mol. The predicted octanol–water partition coefficient (Wildman–Crippen LogP) is 2.70. The summed E-state index contributed by atoms with van der Waals surface area (Å²) in [6.07, 6.45) is 3.09. The largest absolute Gasteiger partial charge is 0.466 e. The van der Waals surface area contributed by atoms with Crippen LogP contribution in [0.5, 0.6) is 0 Å². The van der Waals surface area contributed by atoms with E-state index in [1.165, 1.54) is 6.26 Å². The molecule has 3 rings (SSSR count). The number of rotatable bonds is 7. The van der Waals surface area contributed by atoms with Crippen LogP contribution < -0.4 is 10.6 Å². The highest BCUT2D eigenvalue weighted by atomic mass is 16.3. The summed E-state index contributed by atoms with van der Waals surface area (Å²) in [6.45, 7) is 3.26. The molecule has 0 unspecified atom stereocenters. The number of nitrogens with zero attached hydrogens (tertiary/aromatic N) is 1. The first-order valence-corrected chi connectivity index (χ1v) is 8.98. The first kappa shape index (κ1) is 18.7. The van der Waals surface area contributed by atoms with Crippen LogP contribution in [0.15, 0.2) is 53.1 Å². The molecule has 0 saturated carbocycles. The van der Waals surface area contributed by atoms with E-state index >= 15 is 0 Å². The summed E-state index contributed by atoms with van der Waals surface area (Å²) in [4.78, 5) is 38.5. The van der Waals surface area contributed by atoms with Crippen molar-refractivity contribution in [1.29, 1.82) is 0 Å². The normalized spacial score (nSPS) is 20.4. The van der Waals surface area contributed by atoms with Crippen molar-refractivity contribution < 1.29 is 18.8 Å². The maximum absolute atomic E-state index is 12.8. The van der Waals surface area contributed by atoms with Gasteiger partial charge in [0, 0.05) is 0 Å². The molecule has 4 amide bonds. The Morgan fingerprint density at radius 1 is 1.22 bits per heavy atom. The van der Waals surface area contributed by atoms with Crippen LogP contribution in [0, 0.1) is 0 Å². The molecule has 1 aromatic carbocycles. The summed E-state index contributed by atoms with van der Waals surface area (Å²) in [5.74, 6) is -0.564. The minimum Gasteiger partial charge on any atom is -0.466 e. The number of benzene rings is 1. The highest BCUT2D eigenvalue weighted by Crippen LogP contribution is 2.29. The van der Waals surface area contributed by atoms with Gasteiger partial charge in [-0.15, -0.1) is 0 Å². The molecule has 0 bridgehead atoms. The molecule has 0 aliphatic carbocycles. The first-order chi connectivity index (χ1) is 13.0. The lowest BCUT2D eigenvalue weighted by atomic mass is 9.99. The van der Waals surface area contributed by atoms with E-state index in [2.05, 4.69) is 10.6 Å². The summed E-state index contributed by atoms with van der Waals surface area (Å²) in [5.41, 5.74) is -0.311. The molecule has 2 atom stereocenters. The third-order valence-electron chi connectivity index (χ3n) is 4.71. The van der Waals surface area contributed by atoms with Crippen LogP contribution in [0.2, 0.25) is 0 Å². The quantitative estimate of drug-likeness (QED) is 0.734. The standard InChI is InChI=1S/C20H23N3O4/c1-3-8-15(14-9-5-4-6-10-14)21-17(24)13-23-18(25)20(2,22-19(23)26)16-11-7-12-27-16/h4-7,9-12,15H,3,8,13H2,1-2H3,(H,21,24)(H,22,26)/t15-,20-/m1/s1. The Morgan fingerprint density at radius 2 is 1.96 bits per heavy atom. The van der Waals surface area contributed by atoms with E-state index in [9.17, 15) is 14.4 Å². The van der Waals surface area contributed by atoms with Crippen LogP contribution in [-0.2, 0) is 15.1 Å². The number of urea groups is 1. The maximum atomic E-state index is 12.8. The molecule has 1 aromatic heterocycles. The fourth-order valence-corrected chi connectivity index (χ4v) is 3.25. The van der Waals surface area contributed by atoms with Gasteiger partial charge in [0.1, 0.15) is 12.3 Å². The van der Waals surface area contributed by atoms with Crippen molar-refractivity contribution in [2.75, 3.05) is 6.54 Å². The van der Waals surface area contributed by atoms with Gasteiger partial charge in [-0.3, -0.25) is 14.5 Å². The zero-order chi connectivity index (χ0) is 19.4. The van der Waals surface area contributed by atoms with Crippen LogP contribution in [0.4, 0.5) is 4.79 Å². The van der Waals surface area contributed by atoms with Crippen LogP contribution >= 0.6 is 0 Å². The van der Waals surface area contributed by atoms with Gasteiger partial charge >= 0.3 is 6.03 Å². The molecule has 2 N–H and O–H groups in total. The third kappa shape index (κ3) is 3.72. The molecule has 2 heterocycles. The molecule has 0 spiro atoms. The van der Waals surface area contributed by atoms with Gasteiger partial charge in [0.05, 0.1) is 12.3 Å². The average molecular weight is 369 g/mol. The van der Waals surface area contributed by atoms with Crippen LogP contribution in [0.25, 0.3) is 0 Å². The van der Waals surface area contributed by atoms with Crippen molar-refractivity contribution in [3.05, 3.63) is 60.1 Å². The molecular weight excluding hydrogens is 346 g/mol. The fourth-order valence-electron chi connectivity index (χ4n) is 3.25. The van der Waals surface area contributed by atoms with Crippen molar-refractivity contribution >= 4 is 17.8 Å². The third-order valence-corrected chi connectivity index (χ3v) is 4.71. The lowest BCUT2D eigenvalue weighted by Crippen LogP contribution is -2.43. The summed E-state index contributed by atoms with van der Waals surface area (Å²) >= 11 is 0. The number of amides is 4. The highest BCUT2D eigenvalue weighted by molar-refractivity contribution is 6.08. The van der Waals surface area contributed by atoms with Gasteiger partial charge in [0.25, 0.3) is 5.91 Å². The van der Waals surface area contributed by atoms with E-state index in [0.29, 0.717) is 5.76 Å². The van der Waals surface area contributed by atoms with Gasteiger partial charge < -0.3 is 15.1 Å². The number of hydrogen-bond donors (Lipinski definition) is 2. The number of hydrogen-bond acceptors (Lipinski definition) is 4. The zero-order valence-corrected chi connectivity index (χ0v) is 15.4. The maximum Gasteiger partial charge on any atom is 0.325 e. The minimum atomic E-state index is -1.30. The Kier molecular flexibility index (Phi) is 5.30. The molecule has 2 aromatic rings. The van der Waals surface area contributed by atoms with Crippen molar-refractivity contribution in [1.82, 2.24) is 15.5 Å². The second-order valence-corrected chi connectivity index (χ2v) is 6.74. The van der Waals surface area contributed by atoms with E-state index in [0.717, 1.165) is 23.3 Å². The highest BCUT2D eigenvalue weighted by Gasteiger charge is 2.51. The molecule has 1 aliphatic rings. The van der Waals surface area contributed by atoms with Gasteiger partial charge in [-0.05, 0) is 31.0 Å². The molecule has 1 saturated heterocycles. The second-order valence-electron chi connectivity index (χ2n) is 6.74. The lowest BCUT2D eigenvalue weighted by Gasteiger charge is -2.21. The van der Waals surface area contributed by atoms with Gasteiger partial charge in [0.15, 0.2) is 5.54 Å². The fraction of sp³-hybridized carbons (Fsp3) is 0.350. The van der Waals surface area contributed by atoms with Crippen molar-refractivity contribution in [2.24, 2.45) is 0 Å². The molecular formula is C20H23N3O4. The molecule has 0 radical (unpaired) electrons. The Balaban J connectivity index is 1.70. The van der Waals surface area contributed by atoms with Gasteiger partial charge in [-0.2, -0.15) is 0 Å². The SMILES string of the molecule is CCC[C@@H](NC(=O)CN1C(=O)N[C@](C)(c2ccco2)C1=O)c1ccccc1. The zero-order valence-electron chi connectivity index (χ0n) is 15.4. The smallest absolute Gasteiger partial charge is 0.325 e. The number of furan rings is 1. The van der Waals surface area contributed by atoms with Crippen LogP contribution in [0.3, 0.4) is 0 Å². The van der Waals surface area contributed by atoms with E-state index in [-0.39, 0.29) is 18.5 Å². The summed E-state index contributed by atoms with van der Waals surface area (Å²) in [5, 5.41) is 5.54. The number of carbonyl (C=O) groups is 3. The van der Waals surface area contributed by atoms with E-state index in [4.69, 9.17) is 4.42 Å². The predicted molar refractivity (Wildman–Crippen MR) is 98.5 cm³/mol. The lowest BCUT2D eigenvalue weighted by molar-refractivity contribution is -0.135. The molecule has 1 fully saturated rings. The summed E-state index contributed by atoms with van der Waals surface area (Å²) in [7, 11) is 0. The van der Waals surface area contributed by atoms with Gasteiger partial charge in [0.2, 0.25) is 5.91 Å². The second kappa shape index (κ2) is 7.65. The molecule has 7 nitrogen and oxygen atoms in total. The van der Waals surface area contributed by atoms with Gasteiger partial charge in [-0.1, -0.05) is 43.7 Å². The average Bonchev–Trinajstić information content (AvgIpc) is 3.27. The van der Waals surface area contributed by atoms with Crippen molar-refractivity contribution in [3.8, 4) is 0 Å². The molecule has 7 heteroatoms. The molecule has 142 valence electrons. The Labute approximate surface area is 157 Å². The Morgan fingerprint density at radius 3 is 2.59 bits per heavy atom. The van der Waals surface area contributed by atoms with E-state index < -0.39 is 17.5 Å². The Bertz CT molecular complexity index is 819. The summed E-state index contributed by atoms with van der Waals surface area (Å²) < 4.78 is 5.28. The van der Waals surface area contributed by atoms with Gasteiger partial charge in [-0.25, -0.2) is 4.79 Å². The van der Waals surface area contributed by atoms with Crippen molar-refractivity contribution in [3.63, 3.8) is 0 Å². The Hall–Kier alpha value is -3.09. The number of imide groups is 1. The number of nitrogens with one attached hydrogen (secondary N) is 2.